The van der Waals surface area contributed by atoms with Gasteiger partial charge in [-0.2, -0.15) is 13.2 Å². The maximum Gasteiger partial charge on any atom is 0.406 e. The zero-order chi connectivity index (χ0) is 17.4. The molecule has 3 nitrogen and oxygen atoms in total. The van der Waals surface area contributed by atoms with Crippen LogP contribution in [-0.4, -0.2) is 30.1 Å². The predicted molar refractivity (Wildman–Crippen MR) is 82.4 cm³/mol. The number of carbonyl (C=O) groups is 1. The van der Waals surface area contributed by atoms with Crippen molar-refractivity contribution in [2.75, 3.05) is 13.1 Å². The van der Waals surface area contributed by atoms with Gasteiger partial charge >= 0.3 is 6.18 Å². The molecule has 2 aromatic rings. The summed E-state index contributed by atoms with van der Waals surface area (Å²) < 4.78 is 44.0. The van der Waals surface area contributed by atoms with Crippen molar-refractivity contribution in [1.29, 1.82) is 0 Å². The number of fused-ring (bicyclic) bond motifs is 1. The Morgan fingerprint density at radius 2 is 1.74 bits per heavy atom. The molecule has 0 spiro atoms. The predicted octanol–water partition coefficient (Wildman–Crippen LogP) is 4.79. The second-order valence-corrected chi connectivity index (χ2v) is 6.89. The van der Waals surface area contributed by atoms with Crippen molar-refractivity contribution in [2.45, 2.75) is 33.9 Å². The molecule has 0 radical (unpaired) electrons. The fraction of sp³-hybridized carbons (Fsp3) is 0.471. The van der Waals surface area contributed by atoms with Gasteiger partial charge in [0.1, 0.15) is 12.1 Å². The molecular weight excluding hydrogens is 307 g/mol. The number of benzene rings is 1. The average molecular weight is 327 g/mol. The van der Waals surface area contributed by atoms with E-state index >= 15 is 0 Å². The Hall–Kier alpha value is -1.98. The number of hydrogen-bond acceptors (Lipinski definition) is 2. The van der Waals surface area contributed by atoms with Gasteiger partial charge in [-0.25, -0.2) is 0 Å². The van der Waals surface area contributed by atoms with Crippen LogP contribution in [0.5, 0.6) is 0 Å². The number of amides is 1. The van der Waals surface area contributed by atoms with Gasteiger partial charge in [-0.05, 0) is 18.4 Å². The van der Waals surface area contributed by atoms with Crippen LogP contribution in [0.2, 0.25) is 0 Å². The molecule has 126 valence electrons. The van der Waals surface area contributed by atoms with Gasteiger partial charge in [0.15, 0.2) is 5.76 Å². The van der Waals surface area contributed by atoms with Gasteiger partial charge in [0.05, 0.1) is 0 Å². The van der Waals surface area contributed by atoms with Crippen LogP contribution in [0, 0.1) is 12.3 Å². The average Bonchev–Trinajstić information content (AvgIpc) is 2.72. The number of furan rings is 1. The van der Waals surface area contributed by atoms with Crippen LogP contribution in [0.3, 0.4) is 0 Å². The minimum absolute atomic E-state index is 0.0121. The van der Waals surface area contributed by atoms with Crippen LogP contribution < -0.4 is 0 Å². The van der Waals surface area contributed by atoms with Crippen LogP contribution in [-0.2, 0) is 0 Å². The lowest BCUT2D eigenvalue weighted by molar-refractivity contribution is -0.142. The molecule has 0 atom stereocenters. The minimum Gasteiger partial charge on any atom is -0.451 e. The quantitative estimate of drug-likeness (QED) is 0.812. The van der Waals surface area contributed by atoms with Crippen molar-refractivity contribution in [1.82, 2.24) is 4.90 Å². The molecule has 23 heavy (non-hydrogen) atoms. The molecule has 0 saturated carbocycles. The third kappa shape index (κ3) is 4.27. The van der Waals surface area contributed by atoms with Crippen molar-refractivity contribution in [3.05, 3.63) is 35.6 Å². The maximum atomic E-state index is 12.8. The fourth-order valence-corrected chi connectivity index (χ4v) is 2.51. The van der Waals surface area contributed by atoms with Gasteiger partial charge in [0, 0.05) is 17.5 Å². The molecule has 6 heteroatoms. The first kappa shape index (κ1) is 17.4. The van der Waals surface area contributed by atoms with Crippen LogP contribution in [0.15, 0.2) is 28.7 Å². The largest absolute Gasteiger partial charge is 0.451 e. The number of rotatable bonds is 3. The van der Waals surface area contributed by atoms with Gasteiger partial charge in [-0.15, -0.1) is 0 Å². The van der Waals surface area contributed by atoms with E-state index in [2.05, 4.69) is 0 Å². The van der Waals surface area contributed by atoms with Gasteiger partial charge in [-0.3, -0.25) is 4.79 Å². The molecule has 1 heterocycles. The van der Waals surface area contributed by atoms with Crippen molar-refractivity contribution in [3.8, 4) is 0 Å². The Balaban J connectivity index is 2.40. The van der Waals surface area contributed by atoms with E-state index in [-0.39, 0.29) is 12.3 Å². The molecule has 0 aliphatic heterocycles. The first-order chi connectivity index (χ1) is 10.5. The van der Waals surface area contributed by atoms with E-state index in [1.54, 1.807) is 52.0 Å². The summed E-state index contributed by atoms with van der Waals surface area (Å²) in [6.45, 7) is 5.74. The second-order valence-electron chi connectivity index (χ2n) is 6.89. The number of hydrogen-bond donors (Lipinski definition) is 0. The molecule has 0 fully saturated rings. The number of nitrogens with zero attached hydrogens (tertiary/aromatic N) is 1. The smallest absolute Gasteiger partial charge is 0.406 e. The zero-order valence-electron chi connectivity index (χ0n) is 13.6. The first-order valence-corrected chi connectivity index (χ1v) is 7.32. The third-order valence-corrected chi connectivity index (χ3v) is 3.36. The highest BCUT2D eigenvalue weighted by molar-refractivity contribution is 5.98. The van der Waals surface area contributed by atoms with Crippen LogP contribution in [0.1, 0.15) is 36.9 Å². The number of aryl methyl sites for hydroxylation is 1. The Labute approximate surface area is 133 Å². The molecule has 1 amide bonds. The molecule has 0 bridgehead atoms. The SMILES string of the molecule is Cc1c(C(=O)N(CC(C)(C)C)CC(F)(F)F)oc2ccccc12. The molecule has 1 aromatic heterocycles. The highest BCUT2D eigenvalue weighted by atomic mass is 19.4. The van der Waals surface area contributed by atoms with E-state index in [1.807, 2.05) is 0 Å². The summed E-state index contributed by atoms with van der Waals surface area (Å²) in [6.07, 6.45) is -4.46. The normalized spacial score (nSPS) is 12.7. The molecular formula is C17H20F3NO2. The van der Waals surface area contributed by atoms with E-state index in [1.165, 1.54) is 0 Å². The van der Waals surface area contributed by atoms with E-state index < -0.39 is 24.0 Å². The summed E-state index contributed by atoms with van der Waals surface area (Å²) >= 11 is 0. The van der Waals surface area contributed by atoms with Gasteiger partial charge in [0.25, 0.3) is 5.91 Å². The highest BCUT2D eigenvalue weighted by Gasteiger charge is 2.36. The summed E-state index contributed by atoms with van der Waals surface area (Å²) in [5.41, 5.74) is 0.601. The molecule has 0 aliphatic carbocycles. The first-order valence-electron chi connectivity index (χ1n) is 7.32. The topological polar surface area (TPSA) is 33.5 Å². The van der Waals surface area contributed by atoms with Crippen molar-refractivity contribution in [3.63, 3.8) is 0 Å². The molecule has 1 aromatic carbocycles. The lowest BCUT2D eigenvalue weighted by Gasteiger charge is -2.30. The third-order valence-electron chi connectivity index (χ3n) is 3.36. The van der Waals surface area contributed by atoms with Gasteiger partial charge in [-0.1, -0.05) is 39.0 Å². The lowest BCUT2D eigenvalue weighted by atomic mass is 9.95. The molecule has 0 N–H and O–H groups in total. The Bertz CT molecular complexity index is 695. The molecule has 2 rings (SSSR count). The van der Waals surface area contributed by atoms with E-state index in [0.29, 0.717) is 11.1 Å². The highest BCUT2D eigenvalue weighted by Crippen LogP contribution is 2.28. The van der Waals surface area contributed by atoms with Gasteiger partial charge in [0.2, 0.25) is 0 Å². The van der Waals surface area contributed by atoms with Crippen molar-refractivity contribution < 1.29 is 22.4 Å². The summed E-state index contributed by atoms with van der Waals surface area (Å²) in [4.78, 5) is 13.4. The number of alkyl halides is 3. The molecule has 0 unspecified atom stereocenters. The van der Waals surface area contributed by atoms with Crippen molar-refractivity contribution in [2.24, 2.45) is 5.41 Å². The van der Waals surface area contributed by atoms with E-state index in [4.69, 9.17) is 4.42 Å². The summed E-state index contributed by atoms with van der Waals surface area (Å²) in [7, 11) is 0. The number of halogens is 3. The second kappa shape index (κ2) is 5.91. The number of carbonyl (C=O) groups excluding carboxylic acids is 1. The summed E-state index contributed by atoms with van der Waals surface area (Å²) in [5, 5.41) is 0.735. The monoisotopic (exact) mass is 327 g/mol. The van der Waals surface area contributed by atoms with Gasteiger partial charge < -0.3 is 9.32 Å². The minimum atomic E-state index is -4.46. The zero-order valence-corrected chi connectivity index (χ0v) is 13.6. The standard InChI is InChI=1S/C17H20F3NO2/c1-11-12-7-5-6-8-13(12)23-14(11)15(22)21(9-16(2,3)4)10-17(18,19)20/h5-8H,9-10H2,1-4H3. The lowest BCUT2D eigenvalue weighted by Crippen LogP contribution is -2.43. The van der Waals surface area contributed by atoms with Crippen LogP contribution in [0.4, 0.5) is 13.2 Å². The Morgan fingerprint density at radius 1 is 1.13 bits per heavy atom. The molecule has 0 aliphatic rings. The number of para-hydroxylation sites is 1. The Kier molecular flexibility index (Phi) is 4.46. The van der Waals surface area contributed by atoms with E-state index in [0.717, 1.165) is 10.3 Å². The fourth-order valence-electron chi connectivity index (χ4n) is 2.51. The van der Waals surface area contributed by atoms with Crippen LogP contribution in [0.25, 0.3) is 11.0 Å². The van der Waals surface area contributed by atoms with Crippen LogP contribution >= 0.6 is 0 Å². The van der Waals surface area contributed by atoms with E-state index in [9.17, 15) is 18.0 Å². The summed E-state index contributed by atoms with van der Waals surface area (Å²) in [6, 6.07) is 7.02. The maximum absolute atomic E-state index is 12.8. The summed E-state index contributed by atoms with van der Waals surface area (Å²) in [5.74, 6) is -0.759. The molecule has 0 saturated heterocycles. The van der Waals surface area contributed by atoms with Crippen molar-refractivity contribution >= 4 is 16.9 Å². The Morgan fingerprint density at radius 3 is 2.26 bits per heavy atom.